The molecule has 0 saturated carbocycles. The van der Waals surface area contributed by atoms with Crippen LogP contribution >= 0.6 is 0 Å². The Kier molecular flexibility index (Phi) is 8.88. The number of nitrogens with zero attached hydrogens (tertiary/aromatic N) is 1. The van der Waals surface area contributed by atoms with E-state index in [9.17, 15) is 9.59 Å². The van der Waals surface area contributed by atoms with Crippen molar-refractivity contribution in [3.63, 3.8) is 0 Å². The summed E-state index contributed by atoms with van der Waals surface area (Å²) in [6.45, 7) is 8.69. The fourth-order valence-electron chi connectivity index (χ4n) is 2.90. The lowest BCUT2D eigenvalue weighted by Crippen LogP contribution is -2.39. The van der Waals surface area contributed by atoms with E-state index in [1.54, 1.807) is 31.4 Å². The Labute approximate surface area is 184 Å². The molecular weight excluding hydrogens is 394 g/mol. The molecule has 2 N–H and O–H groups in total. The second kappa shape index (κ2) is 11.4. The number of ether oxygens (including phenoxy) is 2. The summed E-state index contributed by atoms with van der Waals surface area (Å²) in [7, 11) is 3.53. The van der Waals surface area contributed by atoms with E-state index >= 15 is 0 Å². The van der Waals surface area contributed by atoms with Crippen LogP contribution in [0.2, 0.25) is 0 Å². The fraction of sp³-hybridized carbons (Fsp3) is 0.417. The maximum Gasteiger partial charge on any atom is 0.241 e. The van der Waals surface area contributed by atoms with Crippen molar-refractivity contribution in [1.29, 1.82) is 0 Å². The SMILES string of the molecule is COc1ccc(CN(C)C(C)C(=O)Nc2ccc(NC(C)=O)cc2)cc1OCC(C)C. The van der Waals surface area contributed by atoms with Gasteiger partial charge in [-0.2, -0.15) is 0 Å². The molecule has 2 rings (SSSR count). The van der Waals surface area contributed by atoms with Gasteiger partial charge in [0.15, 0.2) is 11.5 Å². The molecule has 0 aliphatic rings. The van der Waals surface area contributed by atoms with Gasteiger partial charge in [-0.15, -0.1) is 0 Å². The Hall–Kier alpha value is -3.06. The predicted molar refractivity (Wildman–Crippen MR) is 124 cm³/mol. The van der Waals surface area contributed by atoms with Crippen LogP contribution in [-0.2, 0) is 16.1 Å². The first-order valence-electron chi connectivity index (χ1n) is 10.4. The zero-order chi connectivity index (χ0) is 23.0. The van der Waals surface area contributed by atoms with Gasteiger partial charge in [0.1, 0.15) is 0 Å². The van der Waals surface area contributed by atoms with Crippen molar-refractivity contribution in [1.82, 2.24) is 4.90 Å². The van der Waals surface area contributed by atoms with Crippen LogP contribution in [-0.4, -0.2) is 43.5 Å². The molecular formula is C24H33N3O4. The first kappa shape index (κ1) is 24.2. The molecule has 2 amide bonds. The highest BCUT2D eigenvalue weighted by Crippen LogP contribution is 2.29. The van der Waals surface area contributed by atoms with Crippen molar-refractivity contribution >= 4 is 23.2 Å². The number of benzene rings is 2. The molecule has 0 heterocycles. The van der Waals surface area contributed by atoms with Gasteiger partial charge in [0.25, 0.3) is 0 Å². The van der Waals surface area contributed by atoms with E-state index in [1.807, 2.05) is 37.1 Å². The number of likely N-dealkylation sites (N-methyl/N-ethyl adjacent to an activating group) is 1. The third kappa shape index (κ3) is 7.61. The van der Waals surface area contributed by atoms with Crippen LogP contribution in [0.3, 0.4) is 0 Å². The van der Waals surface area contributed by atoms with Crippen LogP contribution in [0.4, 0.5) is 11.4 Å². The van der Waals surface area contributed by atoms with Crippen molar-refractivity contribution in [3.05, 3.63) is 48.0 Å². The summed E-state index contributed by atoms with van der Waals surface area (Å²) in [5.74, 6) is 1.56. The Morgan fingerprint density at radius 2 is 1.58 bits per heavy atom. The van der Waals surface area contributed by atoms with E-state index in [0.717, 1.165) is 5.56 Å². The molecule has 1 atom stereocenters. The van der Waals surface area contributed by atoms with Gasteiger partial charge in [-0.1, -0.05) is 19.9 Å². The van der Waals surface area contributed by atoms with Crippen molar-refractivity contribution < 1.29 is 19.1 Å². The molecule has 0 radical (unpaired) electrons. The average molecular weight is 428 g/mol. The van der Waals surface area contributed by atoms with E-state index in [2.05, 4.69) is 24.5 Å². The topological polar surface area (TPSA) is 79.9 Å². The van der Waals surface area contributed by atoms with Crippen LogP contribution in [0.1, 0.15) is 33.3 Å². The van der Waals surface area contributed by atoms with Gasteiger partial charge in [0.05, 0.1) is 19.8 Å². The highest BCUT2D eigenvalue weighted by molar-refractivity contribution is 5.95. The molecule has 0 spiro atoms. The minimum absolute atomic E-state index is 0.112. The number of anilines is 2. The summed E-state index contributed by atoms with van der Waals surface area (Å²) in [5.41, 5.74) is 2.39. The third-order valence-electron chi connectivity index (χ3n) is 4.75. The Morgan fingerprint density at radius 1 is 0.968 bits per heavy atom. The molecule has 0 aliphatic heterocycles. The van der Waals surface area contributed by atoms with Gasteiger partial charge >= 0.3 is 0 Å². The summed E-state index contributed by atoms with van der Waals surface area (Å²) in [5, 5.41) is 5.62. The van der Waals surface area contributed by atoms with E-state index in [1.165, 1.54) is 6.92 Å². The average Bonchev–Trinajstić information content (AvgIpc) is 2.72. The molecule has 0 bridgehead atoms. The minimum Gasteiger partial charge on any atom is -0.493 e. The number of carbonyl (C=O) groups is 2. The summed E-state index contributed by atoms with van der Waals surface area (Å²) in [6.07, 6.45) is 0. The molecule has 1 unspecified atom stereocenters. The molecule has 0 saturated heterocycles. The van der Waals surface area contributed by atoms with Crippen LogP contribution in [0.15, 0.2) is 42.5 Å². The quantitative estimate of drug-likeness (QED) is 0.596. The number of amides is 2. The maximum atomic E-state index is 12.7. The molecule has 0 aliphatic carbocycles. The normalized spacial score (nSPS) is 11.9. The zero-order valence-electron chi connectivity index (χ0n) is 19.2. The Bertz CT molecular complexity index is 881. The molecule has 0 aromatic heterocycles. The lowest BCUT2D eigenvalue weighted by molar-refractivity contribution is -0.120. The standard InChI is InChI=1S/C24H33N3O4/c1-16(2)15-31-23-13-19(7-12-22(23)30-6)14-27(5)17(3)24(29)26-21-10-8-20(9-11-21)25-18(4)28/h7-13,16-17H,14-15H2,1-6H3,(H,25,28)(H,26,29). The summed E-state index contributed by atoms with van der Waals surface area (Å²) in [4.78, 5) is 25.8. The molecule has 0 fully saturated rings. The number of nitrogens with one attached hydrogen (secondary N) is 2. The molecule has 2 aromatic carbocycles. The largest absolute Gasteiger partial charge is 0.493 e. The van der Waals surface area contributed by atoms with E-state index in [0.29, 0.717) is 41.9 Å². The number of hydrogen-bond acceptors (Lipinski definition) is 5. The van der Waals surface area contributed by atoms with E-state index in [4.69, 9.17) is 9.47 Å². The van der Waals surface area contributed by atoms with Gasteiger partial charge in [-0.05, 0) is 61.9 Å². The molecule has 31 heavy (non-hydrogen) atoms. The predicted octanol–water partition coefficient (Wildman–Crippen LogP) is 4.15. The third-order valence-corrected chi connectivity index (χ3v) is 4.75. The number of methoxy groups -OCH3 is 1. The first-order chi connectivity index (χ1) is 14.7. The summed E-state index contributed by atoms with van der Waals surface area (Å²) >= 11 is 0. The van der Waals surface area contributed by atoms with Gasteiger partial charge in [0, 0.05) is 24.8 Å². The molecule has 168 valence electrons. The van der Waals surface area contributed by atoms with Gasteiger partial charge in [-0.25, -0.2) is 0 Å². The minimum atomic E-state index is -0.350. The fourth-order valence-corrected chi connectivity index (χ4v) is 2.90. The molecule has 2 aromatic rings. The molecule has 7 nitrogen and oxygen atoms in total. The van der Waals surface area contributed by atoms with Crippen molar-refractivity contribution in [2.45, 2.75) is 40.3 Å². The van der Waals surface area contributed by atoms with E-state index < -0.39 is 0 Å². The van der Waals surface area contributed by atoms with Gasteiger partial charge in [-0.3, -0.25) is 14.5 Å². The Morgan fingerprint density at radius 3 is 2.13 bits per heavy atom. The van der Waals surface area contributed by atoms with Crippen LogP contribution in [0.5, 0.6) is 11.5 Å². The summed E-state index contributed by atoms with van der Waals surface area (Å²) < 4.78 is 11.3. The lowest BCUT2D eigenvalue weighted by atomic mass is 10.1. The van der Waals surface area contributed by atoms with Gasteiger partial charge < -0.3 is 20.1 Å². The van der Waals surface area contributed by atoms with Crippen LogP contribution < -0.4 is 20.1 Å². The van der Waals surface area contributed by atoms with Crippen LogP contribution in [0.25, 0.3) is 0 Å². The smallest absolute Gasteiger partial charge is 0.241 e. The maximum absolute atomic E-state index is 12.7. The highest BCUT2D eigenvalue weighted by atomic mass is 16.5. The number of hydrogen-bond donors (Lipinski definition) is 2. The van der Waals surface area contributed by atoms with Crippen molar-refractivity contribution in [3.8, 4) is 11.5 Å². The van der Waals surface area contributed by atoms with E-state index in [-0.39, 0.29) is 17.9 Å². The zero-order valence-corrected chi connectivity index (χ0v) is 19.2. The molecule has 7 heteroatoms. The van der Waals surface area contributed by atoms with Gasteiger partial charge in [0.2, 0.25) is 11.8 Å². The number of carbonyl (C=O) groups excluding carboxylic acids is 2. The van der Waals surface area contributed by atoms with Crippen molar-refractivity contribution in [2.24, 2.45) is 5.92 Å². The monoisotopic (exact) mass is 427 g/mol. The lowest BCUT2D eigenvalue weighted by Gasteiger charge is -2.24. The second-order valence-corrected chi connectivity index (χ2v) is 8.03. The second-order valence-electron chi connectivity index (χ2n) is 8.03. The first-order valence-corrected chi connectivity index (χ1v) is 10.4. The van der Waals surface area contributed by atoms with Crippen molar-refractivity contribution in [2.75, 3.05) is 31.4 Å². The Balaban J connectivity index is 1.99. The van der Waals surface area contributed by atoms with Crippen LogP contribution in [0, 0.1) is 5.92 Å². The highest BCUT2D eigenvalue weighted by Gasteiger charge is 2.19. The summed E-state index contributed by atoms with van der Waals surface area (Å²) in [6, 6.07) is 12.5. The number of rotatable bonds is 10.